The molecule has 3 fully saturated rings. The van der Waals surface area contributed by atoms with E-state index in [9.17, 15) is 24.0 Å². The van der Waals surface area contributed by atoms with Gasteiger partial charge in [0.15, 0.2) is 0 Å². The molecule has 1 atom stereocenters. The zero-order valence-electron chi connectivity index (χ0n) is 33.3. The van der Waals surface area contributed by atoms with Crippen molar-refractivity contribution in [2.24, 2.45) is 0 Å². The van der Waals surface area contributed by atoms with Crippen LogP contribution in [-0.4, -0.2) is 130 Å². The number of rotatable bonds is 8. The number of amides is 5. The average Bonchev–Trinajstić information content (AvgIpc) is 3.49. The molecule has 60 heavy (non-hydrogen) atoms. The van der Waals surface area contributed by atoms with Crippen LogP contribution in [0.25, 0.3) is 0 Å². The third-order valence-corrected chi connectivity index (χ3v) is 12.6. The monoisotopic (exact) mass is 811 g/mol. The minimum absolute atomic E-state index is 0.0815. The average molecular weight is 812 g/mol. The summed E-state index contributed by atoms with van der Waals surface area (Å²) in [6.45, 7) is 9.38. The van der Waals surface area contributed by atoms with Gasteiger partial charge < -0.3 is 30.1 Å². The van der Waals surface area contributed by atoms with Gasteiger partial charge in [0, 0.05) is 88.0 Å². The predicted octanol–water partition coefficient (Wildman–Crippen LogP) is 2.27. The van der Waals surface area contributed by atoms with Gasteiger partial charge in [-0.3, -0.25) is 39.1 Å². The highest BCUT2D eigenvalue weighted by Gasteiger charge is 2.45. The fraction of sp³-hybridized carbons (Fsp3) is 0.395. The molecule has 2 aromatic heterocycles. The normalized spacial score (nSPS) is 20.4. The van der Waals surface area contributed by atoms with E-state index in [1.807, 2.05) is 47.6 Å². The Hall–Kier alpha value is -6.62. The number of ether oxygens (including phenoxy) is 1. The summed E-state index contributed by atoms with van der Waals surface area (Å²) < 4.78 is 5.72. The number of aromatic nitrogens is 3. The van der Waals surface area contributed by atoms with Gasteiger partial charge >= 0.3 is 0 Å². The molecule has 3 saturated heterocycles. The summed E-state index contributed by atoms with van der Waals surface area (Å²) in [6.07, 6.45) is 5.17. The van der Waals surface area contributed by atoms with Crippen molar-refractivity contribution in [1.29, 1.82) is 0 Å². The minimum Gasteiger partial charge on any atom is -0.474 e. The van der Waals surface area contributed by atoms with E-state index in [2.05, 4.69) is 47.5 Å². The van der Waals surface area contributed by atoms with Crippen molar-refractivity contribution in [2.75, 3.05) is 79.4 Å². The van der Waals surface area contributed by atoms with Crippen LogP contribution in [-0.2, 0) is 33.8 Å². The minimum atomic E-state index is -0.987. The highest BCUT2D eigenvalue weighted by Crippen LogP contribution is 2.37. The molecule has 6 aliphatic rings. The van der Waals surface area contributed by atoms with E-state index < -0.39 is 29.7 Å². The van der Waals surface area contributed by atoms with Gasteiger partial charge in [0.25, 0.3) is 11.8 Å². The first-order chi connectivity index (χ1) is 29.2. The molecule has 4 aromatic rings. The summed E-state index contributed by atoms with van der Waals surface area (Å²) in [7, 11) is 0. The third kappa shape index (κ3) is 6.91. The van der Waals surface area contributed by atoms with Crippen LogP contribution in [0.5, 0.6) is 5.88 Å². The van der Waals surface area contributed by atoms with E-state index in [1.165, 1.54) is 0 Å². The van der Waals surface area contributed by atoms with E-state index in [0.717, 1.165) is 95.7 Å². The summed E-state index contributed by atoms with van der Waals surface area (Å²) in [5.74, 6) is -0.749. The maximum Gasteiger partial charge on any atom is 0.262 e. The summed E-state index contributed by atoms with van der Waals surface area (Å²) >= 11 is 0. The lowest BCUT2D eigenvalue weighted by Crippen LogP contribution is -2.63. The van der Waals surface area contributed by atoms with E-state index in [1.54, 1.807) is 12.1 Å². The number of carbonyl (C=O) groups is 5. The Morgan fingerprint density at radius 3 is 2.50 bits per heavy atom. The van der Waals surface area contributed by atoms with Gasteiger partial charge in [-0.1, -0.05) is 12.1 Å². The molecule has 0 radical (unpaired) electrons. The maximum absolute atomic E-state index is 13.4. The predicted molar refractivity (Wildman–Crippen MR) is 220 cm³/mol. The number of hydrogen-bond donors (Lipinski definition) is 3. The topological polar surface area (TPSA) is 186 Å². The number of nitrogens with one attached hydrogen (secondary N) is 3. The second kappa shape index (κ2) is 15.2. The number of imide groups is 2. The van der Waals surface area contributed by atoms with Crippen LogP contribution >= 0.6 is 0 Å². The Balaban J connectivity index is 0.690. The van der Waals surface area contributed by atoms with Gasteiger partial charge in [-0.25, -0.2) is 15.0 Å². The first-order valence-electron chi connectivity index (χ1n) is 20.6. The fourth-order valence-electron chi connectivity index (χ4n) is 9.11. The van der Waals surface area contributed by atoms with Crippen molar-refractivity contribution in [1.82, 2.24) is 35.0 Å². The number of piperazine rings is 1. The Morgan fingerprint density at radius 1 is 0.900 bits per heavy atom. The molecule has 10 rings (SSSR count). The molecule has 5 amide bonds. The van der Waals surface area contributed by atoms with Crippen LogP contribution in [0.3, 0.4) is 0 Å². The van der Waals surface area contributed by atoms with Crippen LogP contribution in [0.4, 0.5) is 28.7 Å². The molecular formula is C43H45N11O6. The number of pyridine rings is 1. The lowest BCUT2D eigenvalue weighted by atomic mass is 10.0. The van der Waals surface area contributed by atoms with Crippen molar-refractivity contribution in [3.8, 4) is 5.88 Å². The van der Waals surface area contributed by atoms with Crippen molar-refractivity contribution >= 4 is 58.2 Å². The SMILES string of the molecule is Cc1c(N2CCc3cnc(Nc4ccc(CC(=O)N5CCN(C6CN(c7ccc8c(c7)C(=O)N(C7CCC(=O)NC7=O)C8=O)C6)CC5)cc4)nc3C2)cnc2c1NCCO2. The molecule has 0 saturated carbocycles. The second-order valence-electron chi connectivity index (χ2n) is 16.2. The number of anilines is 5. The van der Waals surface area contributed by atoms with E-state index in [4.69, 9.17) is 9.72 Å². The molecule has 8 heterocycles. The van der Waals surface area contributed by atoms with Crippen molar-refractivity contribution in [3.63, 3.8) is 0 Å². The molecule has 1 unspecified atom stereocenters. The number of hydrogen-bond acceptors (Lipinski definition) is 14. The van der Waals surface area contributed by atoms with Crippen LogP contribution in [0.15, 0.2) is 54.9 Å². The molecule has 17 nitrogen and oxygen atoms in total. The molecule has 17 heteroatoms. The fourth-order valence-corrected chi connectivity index (χ4v) is 9.11. The highest BCUT2D eigenvalue weighted by molar-refractivity contribution is 6.23. The summed E-state index contributed by atoms with van der Waals surface area (Å²) in [4.78, 5) is 87.6. The quantitative estimate of drug-likeness (QED) is 0.220. The number of nitrogens with zero attached hydrogens (tertiary/aromatic N) is 8. The zero-order chi connectivity index (χ0) is 41.1. The molecule has 2 aromatic carbocycles. The van der Waals surface area contributed by atoms with Gasteiger partial charge in [0.1, 0.15) is 18.3 Å². The first-order valence-corrected chi connectivity index (χ1v) is 20.6. The van der Waals surface area contributed by atoms with Crippen LogP contribution in [0, 0.1) is 6.92 Å². The molecule has 0 aliphatic carbocycles. The Labute approximate surface area is 346 Å². The third-order valence-electron chi connectivity index (χ3n) is 12.6. The molecule has 308 valence electrons. The standard InChI is InChI=1S/C43H45N11O6/c1-25-35(21-45-40-38(25)44-11-17-60-40)52-12-10-27-20-46-43(48-33(27)24-52)47-28-4-2-26(3-5-28)18-37(56)51-15-13-50(14-16-51)30-22-53(23-30)29-6-7-31-32(19-29)42(59)54(41(31)58)34-8-9-36(55)49-39(34)57/h2-7,19-21,30,34,44H,8-18,22-24H2,1H3,(H,46,47,48)(H,49,55,57). The molecule has 6 aliphatic heterocycles. The molecular weight excluding hydrogens is 767 g/mol. The largest absolute Gasteiger partial charge is 0.474 e. The first kappa shape index (κ1) is 37.6. The van der Waals surface area contributed by atoms with Crippen LogP contribution in [0.1, 0.15) is 55.9 Å². The number of benzene rings is 2. The van der Waals surface area contributed by atoms with Gasteiger partial charge in [0.2, 0.25) is 29.5 Å². The Bertz CT molecular complexity index is 2430. The van der Waals surface area contributed by atoms with Gasteiger partial charge in [-0.15, -0.1) is 0 Å². The second-order valence-corrected chi connectivity index (χ2v) is 16.2. The Morgan fingerprint density at radius 2 is 1.70 bits per heavy atom. The van der Waals surface area contributed by atoms with Crippen LogP contribution in [0.2, 0.25) is 0 Å². The maximum atomic E-state index is 13.4. The van der Waals surface area contributed by atoms with Crippen molar-refractivity contribution < 1.29 is 28.7 Å². The highest BCUT2D eigenvalue weighted by atomic mass is 16.5. The molecule has 0 spiro atoms. The zero-order valence-corrected chi connectivity index (χ0v) is 33.3. The van der Waals surface area contributed by atoms with Crippen molar-refractivity contribution in [3.05, 3.63) is 88.4 Å². The number of carbonyl (C=O) groups excluding carboxylic acids is 5. The molecule has 3 N–H and O–H groups in total. The van der Waals surface area contributed by atoms with E-state index in [0.29, 0.717) is 50.5 Å². The van der Waals surface area contributed by atoms with Crippen molar-refractivity contribution in [2.45, 2.75) is 51.2 Å². The number of fused-ring (bicyclic) bond motifs is 3. The lowest BCUT2D eigenvalue weighted by molar-refractivity contribution is -0.136. The van der Waals surface area contributed by atoms with Gasteiger partial charge in [0.05, 0.1) is 41.7 Å². The summed E-state index contributed by atoms with van der Waals surface area (Å²) in [6, 6.07) is 12.4. The smallest absolute Gasteiger partial charge is 0.262 e. The lowest BCUT2D eigenvalue weighted by Gasteiger charge is -2.49. The Kier molecular flexibility index (Phi) is 9.53. The summed E-state index contributed by atoms with van der Waals surface area (Å²) in [5, 5.41) is 9.00. The van der Waals surface area contributed by atoms with Gasteiger partial charge in [-0.05, 0) is 61.2 Å². The van der Waals surface area contributed by atoms with Crippen LogP contribution < -0.4 is 30.5 Å². The van der Waals surface area contributed by atoms with E-state index >= 15 is 0 Å². The molecule has 0 bridgehead atoms. The van der Waals surface area contributed by atoms with E-state index in [-0.39, 0.29) is 29.9 Å². The number of piperidine rings is 1. The summed E-state index contributed by atoms with van der Waals surface area (Å²) in [5.41, 5.74) is 8.45. The van der Waals surface area contributed by atoms with Gasteiger partial charge in [-0.2, -0.15) is 0 Å².